The fraction of sp³-hybridized carbons (Fsp3) is 0.375. The lowest BCUT2D eigenvalue weighted by Gasteiger charge is -2.34. The van der Waals surface area contributed by atoms with Crippen LogP contribution >= 0.6 is 0 Å². The van der Waals surface area contributed by atoms with Crippen molar-refractivity contribution >= 4 is 29.2 Å². The van der Waals surface area contributed by atoms with Crippen molar-refractivity contribution in [1.82, 2.24) is 9.80 Å². The summed E-state index contributed by atoms with van der Waals surface area (Å²) in [6.07, 6.45) is 0.812. The molecule has 0 aliphatic carbocycles. The van der Waals surface area contributed by atoms with Gasteiger partial charge in [0.1, 0.15) is 0 Å². The van der Waals surface area contributed by atoms with Crippen LogP contribution in [0, 0.1) is 10.1 Å². The van der Waals surface area contributed by atoms with Crippen molar-refractivity contribution < 1.29 is 24.0 Å². The second-order valence-electron chi connectivity index (χ2n) is 7.87. The summed E-state index contributed by atoms with van der Waals surface area (Å²) in [5.74, 6) is -1.26. The maximum Gasteiger partial charge on any atom is 0.338 e. The number of nitro benzene ring substituents is 1. The van der Waals surface area contributed by atoms with Crippen LogP contribution < -0.4 is 5.32 Å². The number of benzene rings is 2. The van der Waals surface area contributed by atoms with E-state index in [2.05, 4.69) is 5.32 Å². The molecule has 1 aliphatic heterocycles. The van der Waals surface area contributed by atoms with Crippen molar-refractivity contribution in [2.75, 3.05) is 44.6 Å². The molecular weight excluding hydrogens is 440 g/mol. The van der Waals surface area contributed by atoms with Crippen molar-refractivity contribution in [3.05, 3.63) is 69.3 Å². The van der Waals surface area contributed by atoms with E-state index in [1.165, 1.54) is 6.07 Å². The number of amides is 2. The lowest BCUT2D eigenvalue weighted by Crippen LogP contribution is -2.50. The van der Waals surface area contributed by atoms with E-state index in [4.69, 9.17) is 4.74 Å². The van der Waals surface area contributed by atoms with Gasteiger partial charge in [-0.2, -0.15) is 0 Å². The predicted molar refractivity (Wildman–Crippen MR) is 126 cm³/mol. The van der Waals surface area contributed by atoms with Crippen molar-refractivity contribution in [1.29, 1.82) is 0 Å². The molecular formula is C24H28N4O6. The van der Waals surface area contributed by atoms with E-state index in [9.17, 15) is 24.5 Å². The SMILES string of the molecule is CCOC(=O)c1cc(C(=O)N2CCN(CC(=O)Nc3ccccc3CC)CC2)cc([N+](=O)[O-])c1. The molecule has 0 spiro atoms. The molecule has 0 aromatic heterocycles. The van der Waals surface area contributed by atoms with Crippen LogP contribution in [0.5, 0.6) is 0 Å². The van der Waals surface area contributed by atoms with Crippen molar-refractivity contribution in [3.63, 3.8) is 0 Å². The van der Waals surface area contributed by atoms with Gasteiger partial charge in [-0.05, 0) is 31.0 Å². The number of nitro groups is 1. The third-order valence-corrected chi connectivity index (χ3v) is 5.59. The third kappa shape index (κ3) is 6.16. The highest BCUT2D eigenvalue weighted by Crippen LogP contribution is 2.20. The summed E-state index contributed by atoms with van der Waals surface area (Å²) in [6.45, 7) is 5.64. The number of carbonyl (C=O) groups is 3. The first-order valence-corrected chi connectivity index (χ1v) is 11.2. The summed E-state index contributed by atoms with van der Waals surface area (Å²) >= 11 is 0. The van der Waals surface area contributed by atoms with Gasteiger partial charge < -0.3 is 15.0 Å². The Hall–Kier alpha value is -3.79. The van der Waals surface area contributed by atoms with E-state index in [1.807, 2.05) is 36.1 Å². The summed E-state index contributed by atoms with van der Waals surface area (Å²) in [5, 5.41) is 14.2. The highest BCUT2D eigenvalue weighted by molar-refractivity contribution is 5.99. The zero-order chi connectivity index (χ0) is 24.7. The van der Waals surface area contributed by atoms with Gasteiger partial charge in [-0.25, -0.2) is 4.79 Å². The lowest BCUT2D eigenvalue weighted by molar-refractivity contribution is -0.384. The first kappa shape index (κ1) is 24.8. The molecule has 10 heteroatoms. The van der Waals surface area contributed by atoms with E-state index in [0.717, 1.165) is 29.8 Å². The first-order valence-electron chi connectivity index (χ1n) is 11.2. The minimum atomic E-state index is -0.722. The number of nitrogens with zero attached hydrogens (tertiary/aromatic N) is 3. The minimum absolute atomic E-state index is 0.0398. The van der Waals surface area contributed by atoms with Crippen molar-refractivity contribution in [3.8, 4) is 0 Å². The van der Waals surface area contributed by atoms with Gasteiger partial charge in [0.2, 0.25) is 5.91 Å². The average Bonchev–Trinajstić information content (AvgIpc) is 2.84. The van der Waals surface area contributed by atoms with Gasteiger partial charge >= 0.3 is 5.97 Å². The largest absolute Gasteiger partial charge is 0.462 e. The van der Waals surface area contributed by atoms with E-state index in [1.54, 1.807) is 11.8 Å². The van der Waals surface area contributed by atoms with Crippen molar-refractivity contribution in [2.45, 2.75) is 20.3 Å². The first-order chi connectivity index (χ1) is 16.3. The quantitative estimate of drug-likeness (QED) is 0.359. The van der Waals surface area contributed by atoms with E-state index in [0.29, 0.717) is 26.2 Å². The topological polar surface area (TPSA) is 122 Å². The molecule has 2 aromatic carbocycles. The summed E-state index contributed by atoms with van der Waals surface area (Å²) in [4.78, 5) is 51.7. The molecule has 10 nitrogen and oxygen atoms in total. The Morgan fingerprint density at radius 1 is 1.03 bits per heavy atom. The fourth-order valence-corrected chi connectivity index (χ4v) is 3.81. The zero-order valence-electron chi connectivity index (χ0n) is 19.3. The Morgan fingerprint density at radius 2 is 1.71 bits per heavy atom. The van der Waals surface area contributed by atoms with Gasteiger partial charge in [-0.15, -0.1) is 0 Å². The molecule has 1 saturated heterocycles. The maximum atomic E-state index is 13.0. The van der Waals surface area contributed by atoms with Gasteiger partial charge in [-0.1, -0.05) is 25.1 Å². The molecule has 0 radical (unpaired) electrons. The van der Waals surface area contributed by atoms with Crippen LogP contribution in [0.2, 0.25) is 0 Å². The number of para-hydroxylation sites is 1. The molecule has 0 saturated carbocycles. The van der Waals surface area contributed by atoms with Gasteiger partial charge in [0.25, 0.3) is 11.6 Å². The molecule has 0 unspecified atom stereocenters. The Morgan fingerprint density at radius 3 is 2.35 bits per heavy atom. The average molecular weight is 469 g/mol. The van der Waals surface area contributed by atoms with Gasteiger partial charge in [0, 0.05) is 49.6 Å². The molecule has 180 valence electrons. The molecule has 1 N–H and O–H groups in total. The second-order valence-corrected chi connectivity index (χ2v) is 7.87. The molecule has 2 amide bonds. The van der Waals surface area contributed by atoms with Gasteiger partial charge in [0.15, 0.2) is 0 Å². The summed E-state index contributed by atoms with van der Waals surface area (Å²) in [7, 11) is 0. The Balaban J connectivity index is 1.61. The number of rotatable bonds is 8. The van der Waals surface area contributed by atoms with Gasteiger partial charge in [-0.3, -0.25) is 24.6 Å². The number of piperazine rings is 1. The number of anilines is 1. The van der Waals surface area contributed by atoms with Crippen LogP contribution in [0.25, 0.3) is 0 Å². The Bertz CT molecular complexity index is 1080. The highest BCUT2D eigenvalue weighted by Gasteiger charge is 2.26. The molecule has 0 bridgehead atoms. The van der Waals surface area contributed by atoms with E-state index < -0.39 is 16.8 Å². The number of hydrogen-bond donors (Lipinski definition) is 1. The number of non-ortho nitro benzene ring substituents is 1. The maximum absolute atomic E-state index is 13.0. The Labute approximate surface area is 197 Å². The Kier molecular flexibility index (Phi) is 8.31. The lowest BCUT2D eigenvalue weighted by atomic mass is 10.1. The van der Waals surface area contributed by atoms with Crippen LogP contribution in [0.15, 0.2) is 42.5 Å². The number of carbonyl (C=O) groups excluding carboxylic acids is 3. The van der Waals surface area contributed by atoms with E-state index in [-0.39, 0.29) is 35.9 Å². The monoisotopic (exact) mass is 468 g/mol. The molecule has 0 atom stereocenters. The standard InChI is InChI=1S/C24H28N4O6/c1-3-17-7-5-6-8-21(17)25-22(29)16-26-9-11-27(12-10-26)23(30)18-13-19(24(31)34-4-2)15-20(14-18)28(32)33/h5-8,13-15H,3-4,9-12,16H2,1-2H3,(H,25,29). The number of esters is 1. The van der Waals surface area contributed by atoms with Crippen LogP contribution in [0.1, 0.15) is 40.1 Å². The molecule has 3 rings (SSSR count). The van der Waals surface area contributed by atoms with Crippen LogP contribution in [-0.2, 0) is 16.0 Å². The van der Waals surface area contributed by atoms with Gasteiger partial charge in [0.05, 0.1) is 23.6 Å². The number of aryl methyl sites for hydroxylation is 1. The highest BCUT2D eigenvalue weighted by atomic mass is 16.6. The number of ether oxygens (including phenoxy) is 1. The summed E-state index contributed by atoms with van der Waals surface area (Å²) < 4.78 is 4.92. The predicted octanol–water partition coefficient (Wildman–Crippen LogP) is 2.73. The third-order valence-electron chi connectivity index (χ3n) is 5.59. The molecule has 1 fully saturated rings. The fourth-order valence-electron chi connectivity index (χ4n) is 3.81. The smallest absolute Gasteiger partial charge is 0.338 e. The molecule has 2 aromatic rings. The molecule has 1 heterocycles. The minimum Gasteiger partial charge on any atom is -0.462 e. The van der Waals surface area contributed by atoms with Crippen LogP contribution in [-0.4, -0.2) is 71.8 Å². The molecule has 34 heavy (non-hydrogen) atoms. The normalized spacial score (nSPS) is 13.9. The second kappa shape index (κ2) is 11.4. The zero-order valence-corrected chi connectivity index (χ0v) is 19.3. The number of nitrogens with one attached hydrogen (secondary N) is 1. The number of hydrogen-bond acceptors (Lipinski definition) is 7. The summed E-state index contributed by atoms with van der Waals surface area (Å²) in [5.41, 5.74) is 1.52. The van der Waals surface area contributed by atoms with E-state index >= 15 is 0 Å². The van der Waals surface area contributed by atoms with Crippen LogP contribution in [0.4, 0.5) is 11.4 Å². The summed E-state index contributed by atoms with van der Waals surface area (Å²) in [6, 6.07) is 11.2. The van der Waals surface area contributed by atoms with Crippen molar-refractivity contribution in [2.24, 2.45) is 0 Å². The molecule has 1 aliphatic rings. The van der Waals surface area contributed by atoms with Crippen LogP contribution in [0.3, 0.4) is 0 Å².